The topological polar surface area (TPSA) is 103 Å². The number of rotatable bonds is 3. The molecule has 0 fully saturated rings. The SMILES string of the molecule is CC(c1ccccc1)c1nc2cc3c(-c4ccncc4)nn(C(=O)OC(C)(C)C)c3cc2[nH]c1=O. The van der Waals surface area contributed by atoms with E-state index in [2.05, 4.69) is 15.1 Å². The van der Waals surface area contributed by atoms with Gasteiger partial charge in [-0.25, -0.2) is 9.78 Å². The minimum Gasteiger partial charge on any atom is -0.442 e. The zero-order chi connectivity index (χ0) is 24.7. The Kier molecular flexibility index (Phi) is 5.43. The van der Waals surface area contributed by atoms with Gasteiger partial charge in [0.2, 0.25) is 0 Å². The van der Waals surface area contributed by atoms with E-state index >= 15 is 0 Å². The van der Waals surface area contributed by atoms with E-state index in [1.165, 1.54) is 4.68 Å². The number of hydrogen-bond donors (Lipinski definition) is 1. The minimum atomic E-state index is -0.693. The maximum atomic E-state index is 13.0. The molecule has 0 bridgehead atoms. The Labute approximate surface area is 201 Å². The quantitative estimate of drug-likeness (QED) is 0.388. The van der Waals surface area contributed by atoms with Crippen molar-refractivity contribution in [2.75, 3.05) is 0 Å². The highest BCUT2D eigenvalue weighted by molar-refractivity contribution is 6.03. The zero-order valence-electron chi connectivity index (χ0n) is 19.9. The normalized spacial score (nSPS) is 12.7. The highest BCUT2D eigenvalue weighted by atomic mass is 16.6. The lowest BCUT2D eigenvalue weighted by molar-refractivity contribution is 0.0523. The first-order valence-corrected chi connectivity index (χ1v) is 11.4. The van der Waals surface area contributed by atoms with Crippen molar-refractivity contribution in [3.63, 3.8) is 0 Å². The van der Waals surface area contributed by atoms with Gasteiger partial charge in [-0.2, -0.15) is 9.78 Å². The average molecular weight is 468 g/mol. The highest BCUT2D eigenvalue weighted by Crippen LogP contribution is 2.31. The van der Waals surface area contributed by atoms with E-state index in [4.69, 9.17) is 9.72 Å². The van der Waals surface area contributed by atoms with Gasteiger partial charge >= 0.3 is 6.09 Å². The first-order valence-electron chi connectivity index (χ1n) is 11.4. The maximum Gasteiger partial charge on any atom is 0.435 e. The molecule has 1 N–H and O–H groups in total. The van der Waals surface area contributed by atoms with Crippen LogP contribution >= 0.6 is 0 Å². The number of benzene rings is 2. The summed E-state index contributed by atoms with van der Waals surface area (Å²) in [5, 5.41) is 5.30. The summed E-state index contributed by atoms with van der Waals surface area (Å²) in [6, 6.07) is 17.0. The summed E-state index contributed by atoms with van der Waals surface area (Å²) in [7, 11) is 0. The predicted molar refractivity (Wildman–Crippen MR) is 134 cm³/mol. The molecule has 0 radical (unpaired) electrons. The molecule has 5 aromatic rings. The molecule has 5 rings (SSSR count). The number of aromatic amines is 1. The largest absolute Gasteiger partial charge is 0.442 e. The van der Waals surface area contributed by atoms with Crippen molar-refractivity contribution in [3.05, 3.63) is 88.6 Å². The number of aromatic nitrogens is 5. The van der Waals surface area contributed by atoms with E-state index in [1.54, 1.807) is 39.2 Å². The third-order valence-corrected chi connectivity index (χ3v) is 5.75. The first-order chi connectivity index (χ1) is 16.7. The molecule has 8 heteroatoms. The second-order valence-electron chi connectivity index (χ2n) is 9.45. The van der Waals surface area contributed by atoms with Gasteiger partial charge in [0.15, 0.2) is 0 Å². The molecule has 1 unspecified atom stereocenters. The van der Waals surface area contributed by atoms with Gasteiger partial charge in [0.25, 0.3) is 5.56 Å². The fourth-order valence-corrected chi connectivity index (χ4v) is 4.07. The van der Waals surface area contributed by atoms with Gasteiger partial charge in [-0.3, -0.25) is 9.78 Å². The first kappa shape index (κ1) is 22.5. The van der Waals surface area contributed by atoms with Crippen molar-refractivity contribution in [2.24, 2.45) is 0 Å². The Morgan fingerprint density at radius 1 is 1.06 bits per heavy atom. The molecule has 0 aliphatic carbocycles. The molecule has 176 valence electrons. The van der Waals surface area contributed by atoms with Gasteiger partial charge in [0.05, 0.1) is 16.6 Å². The van der Waals surface area contributed by atoms with Crippen LogP contribution in [0.4, 0.5) is 4.79 Å². The molecule has 35 heavy (non-hydrogen) atoms. The number of ether oxygens (including phenoxy) is 1. The van der Waals surface area contributed by atoms with Crippen LogP contribution in [-0.2, 0) is 4.74 Å². The molecular weight excluding hydrogens is 442 g/mol. The van der Waals surface area contributed by atoms with Crippen LogP contribution in [0.25, 0.3) is 33.2 Å². The zero-order valence-corrected chi connectivity index (χ0v) is 19.9. The van der Waals surface area contributed by atoms with Crippen LogP contribution in [0.5, 0.6) is 0 Å². The van der Waals surface area contributed by atoms with Gasteiger partial charge in [-0.1, -0.05) is 37.3 Å². The van der Waals surface area contributed by atoms with Crippen LogP contribution in [0.3, 0.4) is 0 Å². The highest BCUT2D eigenvalue weighted by Gasteiger charge is 2.24. The number of nitrogens with one attached hydrogen (secondary N) is 1. The van der Waals surface area contributed by atoms with Gasteiger partial charge in [-0.05, 0) is 50.6 Å². The van der Waals surface area contributed by atoms with Crippen LogP contribution in [0, 0.1) is 0 Å². The Morgan fingerprint density at radius 3 is 2.46 bits per heavy atom. The molecule has 2 aromatic carbocycles. The number of H-pyrrole nitrogens is 1. The summed E-state index contributed by atoms with van der Waals surface area (Å²) in [5.41, 5.74) is 3.49. The molecule has 0 aliphatic rings. The fraction of sp³-hybridized carbons (Fsp3) is 0.222. The smallest absolute Gasteiger partial charge is 0.435 e. The Hall–Kier alpha value is -4.33. The minimum absolute atomic E-state index is 0.191. The summed E-state index contributed by atoms with van der Waals surface area (Å²) in [5.74, 6) is -0.191. The Morgan fingerprint density at radius 2 is 1.77 bits per heavy atom. The van der Waals surface area contributed by atoms with E-state index in [9.17, 15) is 9.59 Å². The lowest BCUT2D eigenvalue weighted by Crippen LogP contribution is -2.27. The third-order valence-electron chi connectivity index (χ3n) is 5.75. The third kappa shape index (κ3) is 4.30. The van der Waals surface area contributed by atoms with Crippen molar-refractivity contribution in [1.82, 2.24) is 24.7 Å². The van der Waals surface area contributed by atoms with Crippen LogP contribution in [-0.4, -0.2) is 36.4 Å². The molecule has 3 heterocycles. The maximum absolute atomic E-state index is 13.0. The predicted octanol–water partition coefficient (Wildman–Crippen LogP) is 5.27. The van der Waals surface area contributed by atoms with Gasteiger partial charge in [-0.15, -0.1) is 0 Å². The Balaban J connectivity index is 1.73. The van der Waals surface area contributed by atoms with Crippen LogP contribution in [0.1, 0.15) is 44.9 Å². The van der Waals surface area contributed by atoms with Gasteiger partial charge in [0, 0.05) is 29.3 Å². The van der Waals surface area contributed by atoms with Crippen molar-refractivity contribution >= 4 is 28.0 Å². The van der Waals surface area contributed by atoms with Crippen LogP contribution in [0.15, 0.2) is 71.8 Å². The average Bonchev–Trinajstić information content (AvgIpc) is 3.20. The molecule has 0 saturated heterocycles. The Bertz CT molecular complexity index is 1600. The van der Waals surface area contributed by atoms with Crippen molar-refractivity contribution < 1.29 is 9.53 Å². The molecule has 0 amide bonds. The monoisotopic (exact) mass is 467 g/mol. The van der Waals surface area contributed by atoms with E-state index < -0.39 is 11.7 Å². The lowest BCUT2D eigenvalue weighted by atomic mass is 9.98. The molecule has 0 saturated carbocycles. The summed E-state index contributed by atoms with van der Waals surface area (Å²) < 4.78 is 6.81. The van der Waals surface area contributed by atoms with Crippen LogP contribution in [0.2, 0.25) is 0 Å². The van der Waals surface area contributed by atoms with Crippen molar-refractivity contribution in [2.45, 2.75) is 39.2 Å². The molecule has 1 atom stereocenters. The second-order valence-corrected chi connectivity index (χ2v) is 9.45. The number of pyridine rings is 1. The number of carbonyl (C=O) groups is 1. The standard InChI is InChI=1S/C27H25N5O3/c1-16(17-8-6-5-7-9-17)23-25(33)30-21-15-22-19(14-20(21)29-23)24(18-10-12-28-13-11-18)31-32(22)26(34)35-27(2,3)4/h5-16H,1-4H3,(H,30,33). The van der Waals surface area contributed by atoms with Crippen molar-refractivity contribution in [1.29, 1.82) is 0 Å². The van der Waals surface area contributed by atoms with E-state index in [0.29, 0.717) is 33.3 Å². The second kappa shape index (κ2) is 8.47. The number of fused-ring (bicyclic) bond motifs is 2. The number of nitrogens with zero attached hydrogens (tertiary/aromatic N) is 4. The van der Waals surface area contributed by atoms with E-state index in [0.717, 1.165) is 11.1 Å². The summed E-state index contributed by atoms with van der Waals surface area (Å²) in [4.78, 5) is 37.7. The van der Waals surface area contributed by atoms with E-state index in [-0.39, 0.29) is 11.5 Å². The fourth-order valence-electron chi connectivity index (χ4n) is 4.07. The van der Waals surface area contributed by atoms with Gasteiger partial charge in [0.1, 0.15) is 17.0 Å². The number of hydrogen-bond acceptors (Lipinski definition) is 6. The molecule has 3 aromatic heterocycles. The van der Waals surface area contributed by atoms with Gasteiger partial charge < -0.3 is 9.72 Å². The lowest BCUT2D eigenvalue weighted by Gasteiger charge is -2.19. The summed E-state index contributed by atoms with van der Waals surface area (Å²) >= 11 is 0. The summed E-state index contributed by atoms with van der Waals surface area (Å²) in [6.07, 6.45) is 2.74. The van der Waals surface area contributed by atoms with E-state index in [1.807, 2.05) is 55.5 Å². The van der Waals surface area contributed by atoms with Crippen molar-refractivity contribution in [3.8, 4) is 11.3 Å². The molecule has 0 spiro atoms. The van der Waals surface area contributed by atoms with Crippen LogP contribution < -0.4 is 5.56 Å². The summed E-state index contributed by atoms with van der Waals surface area (Å²) in [6.45, 7) is 7.35. The molecule has 8 nitrogen and oxygen atoms in total. The molecular formula is C27H25N5O3. The molecule has 0 aliphatic heterocycles. The number of carbonyl (C=O) groups excluding carboxylic acids is 1.